The van der Waals surface area contributed by atoms with Gasteiger partial charge in [-0.05, 0) is 24.3 Å². The topological polar surface area (TPSA) is 104 Å². The fourth-order valence-corrected chi connectivity index (χ4v) is 2.90. The molecule has 2 aromatic carbocycles. The second kappa shape index (κ2) is 13.8. The number of phenols is 1. The molecule has 2 aromatic rings. The maximum atomic E-state index is 10.6. The predicted molar refractivity (Wildman–Crippen MR) is 128 cm³/mol. The van der Waals surface area contributed by atoms with E-state index in [0.29, 0.717) is 5.75 Å². The number of hydrogen-bond donors (Lipinski definition) is 3. The summed E-state index contributed by atoms with van der Waals surface area (Å²) >= 11 is 31.6. The third-order valence-electron chi connectivity index (χ3n) is 2.71. The van der Waals surface area contributed by atoms with Gasteiger partial charge >= 0.3 is 15.1 Å². The lowest BCUT2D eigenvalue weighted by Crippen LogP contribution is -1.99. The van der Waals surface area contributed by atoms with Crippen molar-refractivity contribution in [1.29, 1.82) is 0 Å². The number of carbonyl (C=O) groups is 2. The lowest BCUT2D eigenvalue weighted by molar-refractivity contribution is 0.0686. The van der Waals surface area contributed by atoms with Gasteiger partial charge in [0.05, 0.1) is 38.3 Å². The highest BCUT2D eigenvalue weighted by atomic mass is 79.9. The summed E-state index contributed by atoms with van der Waals surface area (Å²) < 4.78 is 5.12. The Kier molecular flexibility index (Phi) is 13.7. The minimum absolute atomic E-state index is 0.0665. The molecule has 29 heavy (non-hydrogen) atoms. The minimum Gasteiger partial charge on any atom is -0.508 e. The monoisotopic (exact) mass is 674 g/mol. The highest BCUT2D eigenvalue weighted by Gasteiger charge is 2.15. The zero-order valence-corrected chi connectivity index (χ0v) is 21.9. The number of benzene rings is 2. The largest absolute Gasteiger partial charge is 0.508 e. The van der Waals surface area contributed by atoms with Gasteiger partial charge in [-0.25, -0.2) is 9.59 Å². The third kappa shape index (κ3) is 10.5. The molecule has 0 unspecified atom stereocenters. The van der Waals surface area contributed by atoms with Crippen molar-refractivity contribution in [1.82, 2.24) is 0 Å². The van der Waals surface area contributed by atoms with Crippen LogP contribution >= 0.6 is 93.7 Å². The number of halogens is 7. The number of carboxylic acids is 2. The fourth-order valence-electron chi connectivity index (χ4n) is 1.64. The van der Waals surface area contributed by atoms with Crippen molar-refractivity contribution in [3.8, 4) is 11.5 Å². The van der Waals surface area contributed by atoms with Crippen molar-refractivity contribution in [2.24, 2.45) is 0 Å². The molecule has 0 heterocycles. The van der Waals surface area contributed by atoms with Gasteiger partial charge in [-0.3, -0.25) is 0 Å². The molecule has 0 aliphatic heterocycles. The van der Waals surface area contributed by atoms with Crippen LogP contribution in [-0.2, 0) is 0 Å². The van der Waals surface area contributed by atoms with E-state index < -0.39 is 11.9 Å². The van der Waals surface area contributed by atoms with E-state index in [1.165, 1.54) is 19.2 Å². The molecule has 0 saturated heterocycles. The maximum Gasteiger partial charge on any atom is 0.369 e. The number of ether oxygens (including phenoxy) is 1. The van der Waals surface area contributed by atoms with Crippen LogP contribution in [0.25, 0.3) is 0 Å². The molecule has 0 saturated carbocycles. The van der Waals surface area contributed by atoms with Crippen LogP contribution in [0.2, 0.25) is 20.1 Å². The molecule has 0 spiro atoms. The van der Waals surface area contributed by atoms with Gasteiger partial charge in [0.2, 0.25) is 0 Å². The number of rotatable bonds is 3. The quantitative estimate of drug-likeness (QED) is 0.296. The Morgan fingerprint density at radius 2 is 1.10 bits per heavy atom. The van der Waals surface area contributed by atoms with Gasteiger partial charge in [-0.15, -0.1) is 47.3 Å². The first-order valence-electron chi connectivity index (χ1n) is 6.91. The maximum absolute atomic E-state index is 10.6. The molecule has 158 valence electrons. The Bertz CT molecular complexity index is 836. The van der Waals surface area contributed by atoms with Gasteiger partial charge in [0.25, 0.3) is 0 Å². The lowest BCUT2D eigenvalue weighted by atomic mass is 10.2. The molecule has 0 aliphatic rings. The zero-order valence-electron chi connectivity index (χ0n) is 14.1. The molecule has 0 bridgehead atoms. The summed E-state index contributed by atoms with van der Waals surface area (Å²) in [5.74, 6) is -2.10. The Labute approximate surface area is 211 Å². The van der Waals surface area contributed by atoms with Crippen molar-refractivity contribution in [2.75, 3.05) is 7.11 Å². The standard InChI is InChI=1S/C8H6Cl2O3.C7H4Cl2O3.BBr3/c1-13-4-2-5(9)7(8(11)12)6(10)3-4;8-4-1-3(10)2-5(9)6(4)7(11)12;2-1(3)4/h2-3H,1H3,(H,11,12);1-2,10H,(H,11,12);. The van der Waals surface area contributed by atoms with Crippen LogP contribution in [0, 0.1) is 0 Å². The number of phenolic OH excluding ortho intramolecular Hbond substituents is 1. The van der Waals surface area contributed by atoms with E-state index in [9.17, 15) is 9.59 Å². The Balaban J connectivity index is 0.000000459. The van der Waals surface area contributed by atoms with Crippen molar-refractivity contribution in [2.45, 2.75) is 0 Å². The van der Waals surface area contributed by atoms with Crippen molar-refractivity contribution < 1.29 is 29.6 Å². The first kappa shape index (κ1) is 28.6. The van der Waals surface area contributed by atoms with Crippen LogP contribution in [0.15, 0.2) is 24.3 Å². The van der Waals surface area contributed by atoms with Crippen LogP contribution in [0.1, 0.15) is 20.7 Å². The Hall–Kier alpha value is -0.355. The van der Waals surface area contributed by atoms with Crippen LogP contribution < -0.4 is 4.74 Å². The first-order valence-corrected chi connectivity index (χ1v) is 11.2. The van der Waals surface area contributed by atoms with E-state index >= 15 is 0 Å². The highest BCUT2D eigenvalue weighted by molar-refractivity contribution is 9.69. The summed E-state index contributed by atoms with van der Waals surface area (Å²) in [6, 6.07) is 5.04. The van der Waals surface area contributed by atoms with E-state index in [-0.39, 0.29) is 40.2 Å². The molecule has 0 fully saturated rings. The summed E-state index contributed by atoms with van der Waals surface area (Å²) in [5.41, 5.74) is -0.305. The molecule has 0 aliphatic carbocycles. The molecule has 14 heteroatoms. The predicted octanol–water partition coefficient (Wildman–Crippen LogP) is 7.25. The Morgan fingerprint density at radius 3 is 1.34 bits per heavy atom. The molecular weight excluding hydrogens is 668 g/mol. The van der Waals surface area contributed by atoms with Crippen molar-refractivity contribution in [3.63, 3.8) is 0 Å². The van der Waals surface area contributed by atoms with E-state index in [2.05, 4.69) is 47.3 Å². The molecule has 0 aromatic heterocycles. The van der Waals surface area contributed by atoms with E-state index in [0.717, 1.165) is 12.1 Å². The van der Waals surface area contributed by atoms with Gasteiger partial charge in [-0.1, -0.05) is 46.4 Å². The molecular formula is C15H10BBr3Cl4O6. The molecule has 2 rings (SSSR count). The number of aromatic carboxylic acids is 2. The van der Waals surface area contributed by atoms with Gasteiger partial charge in [0, 0.05) is 0 Å². The SMILES string of the molecule is BrB(Br)Br.COc1cc(Cl)c(C(=O)O)c(Cl)c1.O=C(O)c1c(Cl)cc(O)cc1Cl. The van der Waals surface area contributed by atoms with Crippen LogP contribution in [-0.4, -0.2) is 37.6 Å². The van der Waals surface area contributed by atoms with Gasteiger partial charge in [0.15, 0.2) is 0 Å². The molecule has 3 N–H and O–H groups in total. The average Bonchev–Trinajstić information content (AvgIpc) is 2.52. The molecule has 0 radical (unpaired) electrons. The smallest absolute Gasteiger partial charge is 0.369 e. The van der Waals surface area contributed by atoms with Gasteiger partial charge < -0.3 is 20.1 Å². The molecule has 6 nitrogen and oxygen atoms in total. The number of aromatic hydroxyl groups is 1. The summed E-state index contributed by atoms with van der Waals surface area (Å²) in [6.07, 6.45) is 0. The van der Waals surface area contributed by atoms with Crippen molar-refractivity contribution in [3.05, 3.63) is 55.5 Å². The summed E-state index contributed by atoms with van der Waals surface area (Å²) in [6.45, 7) is 0. The highest BCUT2D eigenvalue weighted by Crippen LogP contribution is 2.30. The second-order valence-electron chi connectivity index (χ2n) is 4.61. The number of methoxy groups -OCH3 is 1. The minimum atomic E-state index is -1.22. The third-order valence-corrected chi connectivity index (χ3v) is 3.90. The first-order chi connectivity index (χ1) is 13.3. The average molecular weight is 679 g/mol. The van der Waals surface area contributed by atoms with Crippen molar-refractivity contribution >= 4 is 109 Å². The van der Waals surface area contributed by atoms with Crippen LogP contribution in [0.5, 0.6) is 11.5 Å². The summed E-state index contributed by atoms with van der Waals surface area (Å²) in [5, 5.41) is 26.2. The number of carboxylic acid groups (broad SMARTS) is 2. The fraction of sp³-hybridized carbons (Fsp3) is 0.0667. The van der Waals surface area contributed by atoms with E-state index in [1.54, 1.807) is 0 Å². The zero-order chi connectivity index (χ0) is 22.9. The summed E-state index contributed by atoms with van der Waals surface area (Å²) in [4.78, 5) is 21.1. The Morgan fingerprint density at radius 1 is 0.828 bits per heavy atom. The normalized spacial score (nSPS) is 9.38. The molecule has 0 amide bonds. The summed E-state index contributed by atoms with van der Waals surface area (Å²) in [7, 11) is 1.45. The van der Waals surface area contributed by atoms with Crippen LogP contribution in [0.4, 0.5) is 0 Å². The van der Waals surface area contributed by atoms with E-state index in [4.69, 9.17) is 66.5 Å². The number of hydrogen-bond acceptors (Lipinski definition) is 4. The molecule has 0 atom stereocenters. The van der Waals surface area contributed by atoms with Crippen LogP contribution in [0.3, 0.4) is 0 Å². The van der Waals surface area contributed by atoms with Gasteiger partial charge in [0.1, 0.15) is 11.5 Å². The van der Waals surface area contributed by atoms with E-state index in [1.807, 2.05) is 0 Å². The second-order valence-corrected chi connectivity index (χ2v) is 12.7. The van der Waals surface area contributed by atoms with Gasteiger partial charge in [-0.2, -0.15) is 0 Å². The lowest BCUT2D eigenvalue weighted by Gasteiger charge is -2.04.